The summed E-state index contributed by atoms with van der Waals surface area (Å²) in [4.78, 5) is 4.22. The van der Waals surface area contributed by atoms with Crippen LogP contribution >= 0.6 is 0 Å². The summed E-state index contributed by atoms with van der Waals surface area (Å²) in [7, 11) is 1.70. The molecule has 8 heteroatoms. The number of nitrogens with zero attached hydrogens (tertiary/aromatic N) is 3. The van der Waals surface area contributed by atoms with Crippen LogP contribution in [0.3, 0.4) is 0 Å². The van der Waals surface area contributed by atoms with Crippen molar-refractivity contribution < 1.29 is 13.5 Å². The van der Waals surface area contributed by atoms with Crippen LogP contribution in [0.25, 0.3) is 5.69 Å². The van der Waals surface area contributed by atoms with E-state index >= 15 is 0 Å². The van der Waals surface area contributed by atoms with Crippen LogP contribution in [0.1, 0.15) is 11.1 Å². The van der Waals surface area contributed by atoms with Gasteiger partial charge in [0.25, 0.3) is 6.43 Å². The van der Waals surface area contributed by atoms with Crippen LogP contribution in [0, 0.1) is 0 Å². The summed E-state index contributed by atoms with van der Waals surface area (Å²) in [5, 5.41) is 10.7. The zero-order chi connectivity index (χ0) is 21.2. The second-order valence-corrected chi connectivity index (χ2v) is 6.57. The van der Waals surface area contributed by atoms with E-state index in [4.69, 9.17) is 4.74 Å². The molecule has 0 bridgehead atoms. The lowest BCUT2D eigenvalue weighted by atomic mass is 10.1. The normalized spacial score (nSPS) is 11.5. The summed E-state index contributed by atoms with van der Waals surface area (Å²) in [5.41, 5.74) is 3.14. The standard InChI is InChI=1S/C22H25F2N5O/c1-25-22(27-15-18-4-2-5-20(14-18)30-16-21(23)24)26-12-10-17-6-8-19(9-7-17)29-13-3-11-28-29/h2-9,11,13-14,21H,10,12,15-16H2,1H3,(H2,25,26,27). The van der Waals surface area contributed by atoms with Crippen LogP contribution < -0.4 is 15.4 Å². The molecule has 0 amide bonds. The molecule has 0 aliphatic rings. The average molecular weight is 413 g/mol. The number of ether oxygens (including phenoxy) is 1. The Balaban J connectivity index is 1.43. The minimum absolute atomic E-state index is 0.427. The van der Waals surface area contributed by atoms with Crippen molar-refractivity contribution in [2.75, 3.05) is 20.2 Å². The molecule has 0 atom stereocenters. The summed E-state index contributed by atoms with van der Waals surface area (Å²) in [6.07, 6.45) is 2.02. The first-order valence-corrected chi connectivity index (χ1v) is 9.67. The molecule has 1 aromatic heterocycles. The van der Waals surface area contributed by atoms with E-state index in [1.807, 2.05) is 35.1 Å². The Bertz CT molecular complexity index is 927. The summed E-state index contributed by atoms with van der Waals surface area (Å²) < 4.78 is 31.4. The van der Waals surface area contributed by atoms with Gasteiger partial charge < -0.3 is 15.4 Å². The third-order valence-corrected chi connectivity index (χ3v) is 4.37. The number of hydrogen-bond donors (Lipinski definition) is 2. The first kappa shape index (κ1) is 21.3. The van der Waals surface area contributed by atoms with E-state index in [2.05, 4.69) is 32.9 Å². The Hall–Kier alpha value is -3.42. The number of guanidine groups is 1. The van der Waals surface area contributed by atoms with Crippen molar-refractivity contribution in [3.8, 4) is 11.4 Å². The van der Waals surface area contributed by atoms with Gasteiger partial charge in [0.15, 0.2) is 5.96 Å². The van der Waals surface area contributed by atoms with Gasteiger partial charge in [-0.05, 0) is 47.9 Å². The van der Waals surface area contributed by atoms with Crippen LogP contribution in [0.5, 0.6) is 5.75 Å². The predicted molar refractivity (Wildman–Crippen MR) is 113 cm³/mol. The highest BCUT2D eigenvalue weighted by Gasteiger charge is 2.05. The van der Waals surface area contributed by atoms with Crippen molar-refractivity contribution in [1.82, 2.24) is 20.4 Å². The van der Waals surface area contributed by atoms with Crippen molar-refractivity contribution in [3.63, 3.8) is 0 Å². The topological polar surface area (TPSA) is 63.5 Å². The molecule has 2 aromatic carbocycles. The Morgan fingerprint density at radius 1 is 1.10 bits per heavy atom. The molecule has 6 nitrogen and oxygen atoms in total. The molecular weight excluding hydrogens is 388 g/mol. The lowest BCUT2D eigenvalue weighted by Crippen LogP contribution is -2.37. The van der Waals surface area contributed by atoms with Gasteiger partial charge in [0, 0.05) is 32.5 Å². The van der Waals surface area contributed by atoms with E-state index in [0.29, 0.717) is 18.3 Å². The zero-order valence-corrected chi connectivity index (χ0v) is 16.8. The smallest absolute Gasteiger partial charge is 0.272 e. The molecule has 0 spiro atoms. The third kappa shape index (κ3) is 6.58. The Morgan fingerprint density at radius 2 is 1.93 bits per heavy atom. The largest absolute Gasteiger partial charge is 0.488 e. The minimum atomic E-state index is -2.49. The number of alkyl halides is 2. The van der Waals surface area contributed by atoms with Gasteiger partial charge in [0.2, 0.25) is 0 Å². The van der Waals surface area contributed by atoms with Gasteiger partial charge >= 0.3 is 0 Å². The second kappa shape index (κ2) is 10.9. The predicted octanol–water partition coefficient (Wildman–Crippen LogP) is 3.42. The van der Waals surface area contributed by atoms with Crippen LogP contribution in [0.4, 0.5) is 8.78 Å². The molecule has 2 N–H and O–H groups in total. The molecule has 0 saturated heterocycles. The maximum Gasteiger partial charge on any atom is 0.272 e. The maximum atomic E-state index is 12.3. The van der Waals surface area contributed by atoms with E-state index < -0.39 is 13.0 Å². The van der Waals surface area contributed by atoms with Crippen molar-refractivity contribution in [2.45, 2.75) is 19.4 Å². The number of benzene rings is 2. The van der Waals surface area contributed by atoms with Gasteiger partial charge in [-0.3, -0.25) is 4.99 Å². The lowest BCUT2D eigenvalue weighted by Gasteiger charge is -2.13. The van der Waals surface area contributed by atoms with Crippen LogP contribution in [0.15, 0.2) is 72.0 Å². The van der Waals surface area contributed by atoms with Gasteiger partial charge in [0.1, 0.15) is 12.4 Å². The summed E-state index contributed by atoms with van der Waals surface area (Å²) in [5.74, 6) is 1.10. The molecule has 30 heavy (non-hydrogen) atoms. The molecule has 0 aliphatic heterocycles. The summed E-state index contributed by atoms with van der Waals surface area (Å²) >= 11 is 0. The number of hydrogen-bond acceptors (Lipinski definition) is 3. The van der Waals surface area contributed by atoms with E-state index in [9.17, 15) is 8.78 Å². The zero-order valence-electron chi connectivity index (χ0n) is 16.8. The SMILES string of the molecule is CN=C(NCCc1ccc(-n2cccn2)cc1)NCc1cccc(OCC(F)F)c1. The molecule has 158 valence electrons. The highest BCUT2D eigenvalue weighted by molar-refractivity contribution is 5.79. The monoisotopic (exact) mass is 413 g/mol. The number of aliphatic imine (C=N–C) groups is 1. The molecule has 3 aromatic rings. The number of nitrogens with one attached hydrogen (secondary N) is 2. The fourth-order valence-electron chi connectivity index (χ4n) is 2.87. The Labute approximate surface area is 174 Å². The van der Waals surface area contributed by atoms with Crippen molar-refractivity contribution in [3.05, 3.63) is 78.1 Å². The molecular formula is C22H25F2N5O. The highest BCUT2D eigenvalue weighted by atomic mass is 19.3. The Morgan fingerprint density at radius 3 is 2.63 bits per heavy atom. The van der Waals surface area contributed by atoms with E-state index in [-0.39, 0.29) is 0 Å². The molecule has 0 unspecified atom stereocenters. The molecule has 0 aliphatic carbocycles. The van der Waals surface area contributed by atoms with Gasteiger partial charge in [-0.25, -0.2) is 13.5 Å². The lowest BCUT2D eigenvalue weighted by molar-refractivity contribution is 0.0818. The highest BCUT2D eigenvalue weighted by Crippen LogP contribution is 2.14. The fourth-order valence-corrected chi connectivity index (χ4v) is 2.87. The van der Waals surface area contributed by atoms with Crippen molar-refractivity contribution in [1.29, 1.82) is 0 Å². The molecule has 0 saturated carbocycles. The second-order valence-electron chi connectivity index (χ2n) is 6.57. The van der Waals surface area contributed by atoms with Crippen LogP contribution in [-0.2, 0) is 13.0 Å². The molecule has 0 fully saturated rings. The van der Waals surface area contributed by atoms with E-state index in [1.165, 1.54) is 5.56 Å². The Kier molecular flexibility index (Phi) is 7.77. The van der Waals surface area contributed by atoms with Crippen molar-refractivity contribution in [2.24, 2.45) is 4.99 Å². The minimum Gasteiger partial charge on any atom is -0.488 e. The molecule has 0 radical (unpaired) electrons. The van der Waals surface area contributed by atoms with Gasteiger partial charge in [-0.15, -0.1) is 0 Å². The third-order valence-electron chi connectivity index (χ3n) is 4.37. The van der Waals surface area contributed by atoms with Crippen LogP contribution in [-0.4, -0.2) is 42.4 Å². The van der Waals surface area contributed by atoms with Gasteiger partial charge in [-0.1, -0.05) is 24.3 Å². The van der Waals surface area contributed by atoms with Gasteiger partial charge in [-0.2, -0.15) is 5.10 Å². The quantitative estimate of drug-likeness (QED) is 0.417. The number of rotatable bonds is 9. The van der Waals surface area contributed by atoms with E-state index in [0.717, 1.165) is 24.2 Å². The summed E-state index contributed by atoms with van der Waals surface area (Å²) in [6.45, 7) is 0.617. The number of aromatic nitrogens is 2. The van der Waals surface area contributed by atoms with Gasteiger partial charge in [0.05, 0.1) is 5.69 Å². The molecule has 3 rings (SSSR count). The maximum absolute atomic E-state index is 12.3. The first-order valence-electron chi connectivity index (χ1n) is 9.67. The first-order chi connectivity index (χ1) is 14.6. The van der Waals surface area contributed by atoms with E-state index in [1.54, 1.807) is 31.4 Å². The average Bonchev–Trinajstić information content (AvgIpc) is 3.30. The number of halogens is 2. The molecule has 1 heterocycles. The van der Waals surface area contributed by atoms with Crippen LogP contribution in [0.2, 0.25) is 0 Å². The fraction of sp³-hybridized carbons (Fsp3) is 0.273. The summed E-state index contributed by atoms with van der Waals surface area (Å²) in [6, 6.07) is 17.2. The van der Waals surface area contributed by atoms with Crippen molar-refractivity contribution >= 4 is 5.96 Å².